The molecule has 0 aliphatic carbocycles. The molecule has 192 valence electrons. The molecule has 0 bridgehead atoms. The van der Waals surface area contributed by atoms with Gasteiger partial charge in [0, 0.05) is 32.0 Å². The Labute approximate surface area is 208 Å². The number of carbonyl (C=O) groups is 2. The molecule has 0 unspecified atom stereocenters. The molecule has 2 amide bonds. The summed E-state index contributed by atoms with van der Waals surface area (Å²) in [4.78, 5) is 22.3. The van der Waals surface area contributed by atoms with Gasteiger partial charge in [-0.15, -0.1) is 0 Å². The third-order valence-electron chi connectivity index (χ3n) is 5.72. The molecule has 0 aliphatic rings. The minimum absolute atomic E-state index is 0.0807. The molecule has 7 heteroatoms. The van der Waals surface area contributed by atoms with Gasteiger partial charge in [-0.1, -0.05) is 31.2 Å². The van der Waals surface area contributed by atoms with Gasteiger partial charge in [-0.2, -0.15) is 0 Å². The Morgan fingerprint density at radius 3 is 2.51 bits per heavy atom. The molecular weight excluding hydrogens is 445 g/mol. The van der Waals surface area contributed by atoms with Crippen LogP contribution in [0.5, 0.6) is 5.75 Å². The first-order valence-electron chi connectivity index (χ1n) is 12.7. The molecule has 4 N–H and O–H groups in total. The molecule has 2 rings (SSSR count). The number of aryl methyl sites for hydroxylation is 2. The number of amides is 2. The Kier molecular flexibility index (Phi) is 13.5. The topological polar surface area (TPSA) is 93.4 Å². The summed E-state index contributed by atoms with van der Waals surface area (Å²) in [6, 6.07) is 13.5. The van der Waals surface area contributed by atoms with E-state index in [-0.39, 0.29) is 18.1 Å². The van der Waals surface area contributed by atoms with Crippen molar-refractivity contribution >= 4 is 11.8 Å². The zero-order chi connectivity index (χ0) is 25.3. The fraction of sp³-hybridized carbons (Fsp3) is 0.500. The number of primary amides is 1. The van der Waals surface area contributed by atoms with E-state index in [4.69, 9.17) is 10.5 Å². The molecule has 2 aromatic rings. The van der Waals surface area contributed by atoms with Crippen LogP contribution < -0.4 is 21.1 Å². The van der Waals surface area contributed by atoms with Crippen molar-refractivity contribution in [3.8, 4) is 5.75 Å². The van der Waals surface area contributed by atoms with Crippen LogP contribution in [0.3, 0.4) is 0 Å². The summed E-state index contributed by atoms with van der Waals surface area (Å²) in [7, 11) is 0. The first-order valence-corrected chi connectivity index (χ1v) is 12.7. The van der Waals surface area contributed by atoms with Crippen LogP contribution >= 0.6 is 0 Å². The standard InChI is InChI=1S/C28H40FN3O3/c1-2-22-10-7-11-24(17-22)21-31-14-4-3-9-23-18-25(29)20-26(19-23)35-16-6-5-15-32-28(34)13-8-12-27(30)33/h7,10-11,17-20,31H,2-6,8-9,12-16,21H2,1H3,(H2,30,33)(H,32,34). The van der Waals surface area contributed by atoms with Crippen molar-refractivity contribution in [2.24, 2.45) is 5.73 Å². The summed E-state index contributed by atoms with van der Waals surface area (Å²) in [5, 5.41) is 6.30. The Morgan fingerprint density at radius 1 is 0.914 bits per heavy atom. The highest BCUT2D eigenvalue weighted by Crippen LogP contribution is 2.18. The molecule has 6 nitrogen and oxygen atoms in total. The third-order valence-corrected chi connectivity index (χ3v) is 5.72. The van der Waals surface area contributed by atoms with Crippen molar-refractivity contribution in [3.05, 3.63) is 65.0 Å². The fourth-order valence-corrected chi connectivity index (χ4v) is 3.78. The summed E-state index contributed by atoms with van der Waals surface area (Å²) < 4.78 is 19.7. The lowest BCUT2D eigenvalue weighted by Crippen LogP contribution is -2.24. The molecular formula is C28H40FN3O3. The van der Waals surface area contributed by atoms with Crippen LogP contribution in [-0.2, 0) is 29.0 Å². The van der Waals surface area contributed by atoms with E-state index in [1.807, 2.05) is 6.07 Å². The second-order valence-electron chi connectivity index (χ2n) is 8.83. The van der Waals surface area contributed by atoms with E-state index in [1.165, 1.54) is 17.2 Å². The number of nitrogens with two attached hydrogens (primary N) is 1. The maximum absolute atomic E-state index is 14.0. The predicted molar refractivity (Wildman–Crippen MR) is 138 cm³/mol. The summed E-state index contributed by atoms with van der Waals surface area (Å²) in [5.74, 6) is -0.210. The fourth-order valence-electron chi connectivity index (χ4n) is 3.78. The molecule has 0 heterocycles. The molecule has 0 aromatic heterocycles. The second-order valence-corrected chi connectivity index (χ2v) is 8.83. The largest absolute Gasteiger partial charge is 0.493 e. The number of hydrogen-bond donors (Lipinski definition) is 3. The van der Waals surface area contributed by atoms with Crippen molar-refractivity contribution in [2.45, 2.75) is 71.3 Å². The SMILES string of the molecule is CCc1cccc(CNCCCCc2cc(F)cc(OCCCCNC(=O)CCCC(N)=O)c2)c1. The number of hydrogen-bond acceptors (Lipinski definition) is 4. The van der Waals surface area contributed by atoms with Gasteiger partial charge in [0.2, 0.25) is 11.8 Å². The monoisotopic (exact) mass is 485 g/mol. The van der Waals surface area contributed by atoms with Gasteiger partial charge in [0.1, 0.15) is 11.6 Å². The minimum atomic E-state index is -0.392. The summed E-state index contributed by atoms with van der Waals surface area (Å²) in [5.41, 5.74) is 8.66. The molecule has 35 heavy (non-hydrogen) atoms. The van der Waals surface area contributed by atoms with Crippen LogP contribution in [0.15, 0.2) is 42.5 Å². The maximum atomic E-state index is 14.0. The van der Waals surface area contributed by atoms with E-state index in [2.05, 4.69) is 41.8 Å². The normalized spacial score (nSPS) is 10.8. The van der Waals surface area contributed by atoms with Gasteiger partial charge in [0.15, 0.2) is 0 Å². The van der Waals surface area contributed by atoms with Crippen LogP contribution in [0.4, 0.5) is 4.39 Å². The highest BCUT2D eigenvalue weighted by Gasteiger charge is 2.04. The number of rotatable bonds is 18. The molecule has 0 aliphatic heterocycles. The highest BCUT2D eigenvalue weighted by atomic mass is 19.1. The highest BCUT2D eigenvalue weighted by molar-refractivity contribution is 5.77. The number of ether oxygens (including phenoxy) is 1. The predicted octanol–water partition coefficient (Wildman–Crippen LogP) is 4.43. The average Bonchev–Trinajstić information content (AvgIpc) is 2.83. The van der Waals surface area contributed by atoms with Gasteiger partial charge >= 0.3 is 0 Å². The maximum Gasteiger partial charge on any atom is 0.220 e. The lowest BCUT2D eigenvalue weighted by Gasteiger charge is -2.10. The van der Waals surface area contributed by atoms with Crippen molar-refractivity contribution in [2.75, 3.05) is 19.7 Å². The number of benzene rings is 2. The Morgan fingerprint density at radius 2 is 1.71 bits per heavy atom. The molecule has 0 spiro atoms. The molecule has 0 saturated carbocycles. The van der Waals surface area contributed by atoms with Crippen molar-refractivity contribution < 1.29 is 18.7 Å². The number of carbonyl (C=O) groups excluding carboxylic acids is 2. The average molecular weight is 486 g/mol. The molecule has 0 fully saturated rings. The summed E-state index contributed by atoms with van der Waals surface area (Å²) in [6.07, 6.45) is 6.36. The lowest BCUT2D eigenvalue weighted by atomic mass is 10.1. The van der Waals surface area contributed by atoms with Crippen LogP contribution in [-0.4, -0.2) is 31.5 Å². The Bertz CT molecular complexity index is 920. The van der Waals surface area contributed by atoms with Gasteiger partial charge in [0.25, 0.3) is 0 Å². The number of nitrogens with one attached hydrogen (secondary N) is 2. The van der Waals surface area contributed by atoms with Crippen LogP contribution in [0.25, 0.3) is 0 Å². The quantitative estimate of drug-likeness (QED) is 0.272. The van der Waals surface area contributed by atoms with Crippen molar-refractivity contribution in [1.82, 2.24) is 10.6 Å². The lowest BCUT2D eigenvalue weighted by molar-refractivity contribution is -0.121. The number of halogens is 1. The minimum Gasteiger partial charge on any atom is -0.493 e. The third kappa shape index (κ3) is 12.9. The van der Waals surface area contributed by atoms with Crippen LogP contribution in [0, 0.1) is 5.82 Å². The van der Waals surface area contributed by atoms with E-state index in [9.17, 15) is 14.0 Å². The zero-order valence-electron chi connectivity index (χ0n) is 20.9. The van der Waals surface area contributed by atoms with Gasteiger partial charge in [-0.3, -0.25) is 9.59 Å². The zero-order valence-corrected chi connectivity index (χ0v) is 20.9. The molecule has 2 aromatic carbocycles. The summed E-state index contributed by atoms with van der Waals surface area (Å²) in [6.45, 7) is 4.97. The van der Waals surface area contributed by atoms with Gasteiger partial charge < -0.3 is 21.1 Å². The molecule has 0 radical (unpaired) electrons. The van der Waals surface area contributed by atoms with E-state index in [1.54, 1.807) is 6.07 Å². The van der Waals surface area contributed by atoms with Gasteiger partial charge in [0.05, 0.1) is 6.61 Å². The second kappa shape index (κ2) is 16.7. The Balaban J connectivity index is 1.57. The first-order chi connectivity index (χ1) is 17.0. The van der Waals surface area contributed by atoms with Crippen LogP contribution in [0.2, 0.25) is 0 Å². The van der Waals surface area contributed by atoms with E-state index >= 15 is 0 Å². The molecule has 0 atom stereocenters. The first kappa shape index (κ1) is 28.3. The Hall–Kier alpha value is -2.93. The number of unbranched alkanes of at least 4 members (excludes halogenated alkanes) is 2. The van der Waals surface area contributed by atoms with Gasteiger partial charge in [-0.05, 0) is 80.3 Å². The van der Waals surface area contributed by atoms with Crippen molar-refractivity contribution in [3.63, 3.8) is 0 Å². The van der Waals surface area contributed by atoms with Crippen molar-refractivity contribution in [1.29, 1.82) is 0 Å². The van der Waals surface area contributed by atoms with Crippen LogP contribution in [0.1, 0.15) is 68.6 Å². The summed E-state index contributed by atoms with van der Waals surface area (Å²) >= 11 is 0. The van der Waals surface area contributed by atoms with E-state index in [0.29, 0.717) is 31.7 Å². The van der Waals surface area contributed by atoms with E-state index < -0.39 is 5.91 Å². The van der Waals surface area contributed by atoms with Gasteiger partial charge in [-0.25, -0.2) is 4.39 Å². The smallest absolute Gasteiger partial charge is 0.220 e. The van der Waals surface area contributed by atoms with E-state index in [0.717, 1.165) is 57.2 Å². The molecule has 0 saturated heterocycles.